The molecule has 0 saturated carbocycles. The van der Waals surface area contributed by atoms with Crippen LogP contribution in [0.15, 0.2) is 34.7 Å². The SMILES string of the molecule is CC(C)Oc1ccc(S(=O)(=O)Nc2nncs2)cc1. The summed E-state index contributed by atoms with van der Waals surface area (Å²) in [6, 6.07) is 6.21. The molecule has 2 aromatic rings. The van der Waals surface area contributed by atoms with Gasteiger partial charge in [0, 0.05) is 0 Å². The molecule has 0 amide bonds. The third kappa shape index (κ3) is 3.65. The molecular formula is C11H13N3O3S2. The van der Waals surface area contributed by atoms with E-state index in [1.807, 2.05) is 13.8 Å². The average molecular weight is 299 g/mol. The molecule has 1 N–H and O–H groups in total. The van der Waals surface area contributed by atoms with Crippen LogP contribution in [0.5, 0.6) is 5.75 Å². The molecule has 0 aliphatic rings. The number of nitrogens with zero attached hydrogens (tertiary/aromatic N) is 2. The monoisotopic (exact) mass is 299 g/mol. The van der Waals surface area contributed by atoms with Gasteiger partial charge in [-0.15, -0.1) is 10.2 Å². The summed E-state index contributed by atoms with van der Waals surface area (Å²) in [5.41, 5.74) is 1.46. The van der Waals surface area contributed by atoms with Crippen LogP contribution in [0.25, 0.3) is 0 Å². The lowest BCUT2D eigenvalue weighted by Crippen LogP contribution is -2.13. The van der Waals surface area contributed by atoms with Gasteiger partial charge in [-0.2, -0.15) is 0 Å². The third-order valence-electron chi connectivity index (χ3n) is 2.09. The van der Waals surface area contributed by atoms with Crippen molar-refractivity contribution in [3.63, 3.8) is 0 Å². The molecule has 0 spiro atoms. The van der Waals surface area contributed by atoms with Gasteiger partial charge in [-0.05, 0) is 38.1 Å². The van der Waals surface area contributed by atoms with E-state index in [-0.39, 0.29) is 16.1 Å². The van der Waals surface area contributed by atoms with Gasteiger partial charge in [-0.1, -0.05) is 11.3 Å². The Labute approximate surface area is 115 Å². The molecule has 0 aliphatic carbocycles. The summed E-state index contributed by atoms with van der Waals surface area (Å²) in [4.78, 5) is 0.152. The molecule has 0 fully saturated rings. The Kier molecular flexibility index (Phi) is 4.01. The molecular weight excluding hydrogens is 286 g/mol. The highest BCUT2D eigenvalue weighted by Gasteiger charge is 2.15. The maximum Gasteiger partial charge on any atom is 0.263 e. The Hall–Kier alpha value is -1.67. The predicted octanol–water partition coefficient (Wildman–Crippen LogP) is 2.13. The van der Waals surface area contributed by atoms with Gasteiger partial charge < -0.3 is 4.74 Å². The van der Waals surface area contributed by atoms with Crippen molar-refractivity contribution in [2.75, 3.05) is 4.72 Å². The molecule has 0 unspecified atom stereocenters. The lowest BCUT2D eigenvalue weighted by molar-refractivity contribution is 0.242. The van der Waals surface area contributed by atoms with Gasteiger partial charge in [-0.3, -0.25) is 4.72 Å². The minimum absolute atomic E-state index is 0.0435. The van der Waals surface area contributed by atoms with Crippen LogP contribution in [0, 0.1) is 0 Å². The first-order valence-electron chi connectivity index (χ1n) is 5.53. The van der Waals surface area contributed by atoms with Crippen molar-refractivity contribution in [1.29, 1.82) is 0 Å². The van der Waals surface area contributed by atoms with Gasteiger partial charge in [-0.25, -0.2) is 8.42 Å². The van der Waals surface area contributed by atoms with Crippen molar-refractivity contribution in [2.24, 2.45) is 0 Å². The summed E-state index contributed by atoms with van der Waals surface area (Å²) in [6.07, 6.45) is 0.0435. The first-order valence-corrected chi connectivity index (χ1v) is 7.89. The minimum Gasteiger partial charge on any atom is -0.491 e. The Morgan fingerprint density at radius 2 is 1.95 bits per heavy atom. The fourth-order valence-electron chi connectivity index (χ4n) is 1.36. The zero-order chi connectivity index (χ0) is 13.9. The van der Waals surface area contributed by atoms with Crippen LogP contribution >= 0.6 is 11.3 Å². The van der Waals surface area contributed by atoms with E-state index in [0.29, 0.717) is 5.75 Å². The van der Waals surface area contributed by atoms with Gasteiger partial charge in [0.2, 0.25) is 5.13 Å². The van der Waals surface area contributed by atoms with E-state index < -0.39 is 10.0 Å². The Morgan fingerprint density at radius 3 is 2.47 bits per heavy atom. The summed E-state index contributed by atoms with van der Waals surface area (Å²) in [5.74, 6) is 0.630. The molecule has 6 nitrogen and oxygen atoms in total. The minimum atomic E-state index is -3.63. The molecule has 0 atom stereocenters. The van der Waals surface area contributed by atoms with Crippen molar-refractivity contribution in [3.05, 3.63) is 29.8 Å². The number of aromatic nitrogens is 2. The van der Waals surface area contributed by atoms with E-state index in [0.717, 1.165) is 11.3 Å². The summed E-state index contributed by atoms with van der Waals surface area (Å²) >= 11 is 1.12. The van der Waals surface area contributed by atoms with Crippen molar-refractivity contribution in [2.45, 2.75) is 24.8 Å². The van der Waals surface area contributed by atoms with Crippen LogP contribution in [-0.2, 0) is 10.0 Å². The maximum absolute atomic E-state index is 12.0. The number of sulfonamides is 1. The molecule has 8 heteroatoms. The van der Waals surface area contributed by atoms with Gasteiger partial charge in [0.1, 0.15) is 11.3 Å². The van der Waals surface area contributed by atoms with E-state index >= 15 is 0 Å². The fraction of sp³-hybridized carbons (Fsp3) is 0.273. The van der Waals surface area contributed by atoms with E-state index in [1.165, 1.54) is 17.6 Å². The van der Waals surface area contributed by atoms with Crippen LogP contribution in [0.4, 0.5) is 5.13 Å². The van der Waals surface area contributed by atoms with Gasteiger partial charge in [0.15, 0.2) is 0 Å². The van der Waals surface area contributed by atoms with Crippen LogP contribution in [0.2, 0.25) is 0 Å². The van der Waals surface area contributed by atoms with Crippen LogP contribution in [-0.4, -0.2) is 24.7 Å². The van der Waals surface area contributed by atoms with Gasteiger partial charge in [0.25, 0.3) is 10.0 Å². The van der Waals surface area contributed by atoms with E-state index in [9.17, 15) is 8.42 Å². The quantitative estimate of drug-likeness (QED) is 0.914. The number of rotatable bonds is 5. The Bertz CT molecular complexity index is 622. The molecule has 1 aromatic carbocycles. The molecule has 1 heterocycles. The second-order valence-electron chi connectivity index (χ2n) is 3.99. The number of benzene rings is 1. The summed E-state index contributed by atoms with van der Waals surface area (Å²) in [7, 11) is -3.63. The van der Waals surface area contributed by atoms with Gasteiger partial charge >= 0.3 is 0 Å². The van der Waals surface area contributed by atoms with Crippen molar-refractivity contribution in [3.8, 4) is 5.75 Å². The largest absolute Gasteiger partial charge is 0.491 e. The standard InChI is InChI=1S/C11H13N3O3S2/c1-8(2)17-9-3-5-10(6-4-9)19(15,16)14-11-13-12-7-18-11/h3-8H,1-2H3,(H,13,14). The second-order valence-corrected chi connectivity index (χ2v) is 6.50. The second kappa shape index (κ2) is 5.54. The zero-order valence-corrected chi connectivity index (χ0v) is 12.0. The number of nitrogens with one attached hydrogen (secondary N) is 1. The van der Waals surface area contributed by atoms with E-state index in [4.69, 9.17) is 4.74 Å². The van der Waals surface area contributed by atoms with Crippen molar-refractivity contribution < 1.29 is 13.2 Å². The van der Waals surface area contributed by atoms with Crippen LogP contribution in [0.1, 0.15) is 13.8 Å². The molecule has 1 aromatic heterocycles. The maximum atomic E-state index is 12.0. The zero-order valence-electron chi connectivity index (χ0n) is 10.4. The highest BCUT2D eigenvalue weighted by atomic mass is 32.2. The first-order chi connectivity index (χ1) is 8.97. The fourth-order valence-corrected chi connectivity index (χ4v) is 3.05. The molecule has 0 radical (unpaired) electrons. The summed E-state index contributed by atoms with van der Waals surface area (Å²) < 4.78 is 31.8. The highest BCUT2D eigenvalue weighted by Crippen LogP contribution is 2.20. The number of hydrogen-bond donors (Lipinski definition) is 1. The Morgan fingerprint density at radius 1 is 1.26 bits per heavy atom. The van der Waals surface area contributed by atoms with Crippen LogP contribution in [0.3, 0.4) is 0 Å². The number of ether oxygens (including phenoxy) is 1. The molecule has 102 valence electrons. The van der Waals surface area contributed by atoms with Crippen LogP contribution < -0.4 is 9.46 Å². The van der Waals surface area contributed by atoms with Crippen molar-refractivity contribution in [1.82, 2.24) is 10.2 Å². The molecule has 0 bridgehead atoms. The Balaban J connectivity index is 2.17. The van der Waals surface area contributed by atoms with E-state index in [2.05, 4.69) is 14.9 Å². The van der Waals surface area contributed by atoms with E-state index in [1.54, 1.807) is 12.1 Å². The first kappa shape index (κ1) is 13.8. The lowest BCUT2D eigenvalue weighted by atomic mass is 10.3. The number of hydrogen-bond acceptors (Lipinski definition) is 6. The molecule has 19 heavy (non-hydrogen) atoms. The average Bonchev–Trinajstić information content (AvgIpc) is 2.81. The smallest absolute Gasteiger partial charge is 0.263 e. The normalized spacial score (nSPS) is 11.5. The summed E-state index contributed by atoms with van der Waals surface area (Å²) in [6.45, 7) is 3.81. The third-order valence-corrected chi connectivity index (χ3v) is 4.18. The number of anilines is 1. The van der Waals surface area contributed by atoms with Gasteiger partial charge in [0.05, 0.1) is 11.0 Å². The predicted molar refractivity (Wildman–Crippen MR) is 72.9 cm³/mol. The summed E-state index contributed by atoms with van der Waals surface area (Å²) in [5, 5.41) is 7.44. The highest BCUT2D eigenvalue weighted by molar-refractivity contribution is 7.93. The molecule has 0 saturated heterocycles. The lowest BCUT2D eigenvalue weighted by Gasteiger charge is -2.10. The van der Waals surface area contributed by atoms with Crippen molar-refractivity contribution >= 4 is 26.5 Å². The topological polar surface area (TPSA) is 81.2 Å². The molecule has 0 aliphatic heterocycles. The molecule has 2 rings (SSSR count).